The van der Waals surface area contributed by atoms with Gasteiger partial charge in [-0.2, -0.15) is 5.10 Å². The molecule has 2 aromatic heterocycles. The van der Waals surface area contributed by atoms with Gasteiger partial charge in [0.05, 0.1) is 6.10 Å². The van der Waals surface area contributed by atoms with E-state index in [0.717, 1.165) is 43.3 Å². The first-order valence-corrected chi connectivity index (χ1v) is 10.8. The Morgan fingerprint density at radius 3 is 2.84 bits per heavy atom. The van der Waals surface area contributed by atoms with E-state index in [-0.39, 0.29) is 6.10 Å². The number of aliphatic imine (C=N–C) groups is 1. The van der Waals surface area contributed by atoms with Crippen LogP contribution in [-0.2, 0) is 11.3 Å². The zero-order valence-electron chi connectivity index (χ0n) is 18.2. The molecule has 7 heteroatoms. The average molecular weight is 419 g/mol. The Hall–Kier alpha value is -3.19. The number of pyridine rings is 1. The summed E-state index contributed by atoms with van der Waals surface area (Å²) in [5.41, 5.74) is 3.63. The lowest BCUT2D eigenvalue weighted by Crippen LogP contribution is -2.41. The summed E-state index contributed by atoms with van der Waals surface area (Å²) in [5, 5.41) is 11.1. The number of aromatic nitrogens is 3. The molecule has 0 aliphatic carbocycles. The highest BCUT2D eigenvalue weighted by molar-refractivity contribution is 5.79. The van der Waals surface area contributed by atoms with Crippen LogP contribution in [0.4, 0.5) is 0 Å². The van der Waals surface area contributed by atoms with Crippen molar-refractivity contribution in [2.75, 3.05) is 20.2 Å². The molecule has 2 atom stereocenters. The molecule has 1 saturated heterocycles. The van der Waals surface area contributed by atoms with E-state index in [4.69, 9.17) is 4.74 Å². The Kier molecular flexibility index (Phi) is 6.94. The monoisotopic (exact) mass is 418 g/mol. The van der Waals surface area contributed by atoms with Crippen LogP contribution in [-0.4, -0.2) is 40.9 Å². The van der Waals surface area contributed by atoms with Crippen LogP contribution in [0.5, 0.6) is 0 Å². The van der Waals surface area contributed by atoms with Crippen LogP contribution in [0.15, 0.2) is 66.0 Å². The molecular weight excluding hydrogens is 388 g/mol. The number of ether oxygens (including phenoxy) is 1. The maximum atomic E-state index is 6.14. The smallest absolute Gasteiger partial charge is 0.191 e. The van der Waals surface area contributed by atoms with Crippen molar-refractivity contribution in [3.8, 4) is 5.82 Å². The molecule has 1 aliphatic rings. The molecule has 3 heterocycles. The highest BCUT2D eigenvalue weighted by Crippen LogP contribution is 2.33. The predicted octanol–water partition coefficient (Wildman–Crippen LogP) is 3.41. The Balaban J connectivity index is 1.34. The first kappa shape index (κ1) is 21.1. The van der Waals surface area contributed by atoms with E-state index in [1.807, 2.05) is 24.4 Å². The lowest BCUT2D eigenvalue weighted by molar-refractivity contribution is -0.0265. The number of benzene rings is 1. The Morgan fingerprint density at radius 1 is 1.19 bits per heavy atom. The SMILES string of the molecule is CN=C(NCc1ccnc(-n2cccn2)c1)NCC1CCCOC1c1ccc(C)cc1. The van der Waals surface area contributed by atoms with Gasteiger partial charge >= 0.3 is 0 Å². The number of rotatable bonds is 6. The van der Waals surface area contributed by atoms with E-state index in [1.165, 1.54) is 11.1 Å². The molecule has 1 fully saturated rings. The first-order valence-electron chi connectivity index (χ1n) is 10.8. The van der Waals surface area contributed by atoms with Crippen LogP contribution in [0, 0.1) is 12.8 Å². The van der Waals surface area contributed by atoms with Gasteiger partial charge in [-0.15, -0.1) is 0 Å². The summed E-state index contributed by atoms with van der Waals surface area (Å²) in [6, 6.07) is 14.6. The largest absolute Gasteiger partial charge is 0.373 e. The van der Waals surface area contributed by atoms with Crippen LogP contribution < -0.4 is 10.6 Å². The molecule has 0 bridgehead atoms. The van der Waals surface area contributed by atoms with Crippen molar-refractivity contribution in [1.82, 2.24) is 25.4 Å². The van der Waals surface area contributed by atoms with Crippen molar-refractivity contribution < 1.29 is 4.74 Å². The Labute approximate surface area is 183 Å². The number of hydrogen-bond donors (Lipinski definition) is 2. The van der Waals surface area contributed by atoms with E-state index in [9.17, 15) is 0 Å². The normalized spacial score (nSPS) is 19.2. The van der Waals surface area contributed by atoms with Gasteiger partial charge in [0.15, 0.2) is 11.8 Å². The maximum Gasteiger partial charge on any atom is 0.191 e. The number of hydrogen-bond acceptors (Lipinski definition) is 4. The van der Waals surface area contributed by atoms with Gasteiger partial charge in [0.25, 0.3) is 0 Å². The molecule has 0 amide bonds. The lowest BCUT2D eigenvalue weighted by atomic mass is 9.89. The Morgan fingerprint density at radius 2 is 2.06 bits per heavy atom. The topological polar surface area (TPSA) is 76.4 Å². The van der Waals surface area contributed by atoms with Crippen molar-refractivity contribution in [2.24, 2.45) is 10.9 Å². The molecular formula is C24H30N6O. The number of guanidine groups is 1. The molecule has 2 unspecified atom stereocenters. The molecule has 0 spiro atoms. The zero-order valence-corrected chi connectivity index (χ0v) is 18.2. The van der Waals surface area contributed by atoms with Gasteiger partial charge in [-0.05, 0) is 49.1 Å². The summed E-state index contributed by atoms with van der Waals surface area (Å²) in [6.07, 6.45) is 7.79. The van der Waals surface area contributed by atoms with Crippen molar-refractivity contribution in [1.29, 1.82) is 0 Å². The highest BCUT2D eigenvalue weighted by atomic mass is 16.5. The summed E-state index contributed by atoms with van der Waals surface area (Å²) in [4.78, 5) is 8.77. The van der Waals surface area contributed by atoms with Crippen molar-refractivity contribution in [2.45, 2.75) is 32.4 Å². The molecule has 1 aromatic carbocycles. The minimum absolute atomic E-state index is 0.122. The van der Waals surface area contributed by atoms with Crippen LogP contribution in [0.2, 0.25) is 0 Å². The standard InChI is InChI=1S/C24H30N6O/c1-18-6-8-20(9-7-18)23-21(5-3-14-31-23)17-28-24(25-2)27-16-19-10-12-26-22(15-19)30-13-4-11-29-30/h4,6-13,15,21,23H,3,5,14,16-17H2,1-2H3,(H2,25,27,28). The molecule has 2 N–H and O–H groups in total. The third-order valence-corrected chi connectivity index (χ3v) is 5.62. The molecule has 4 rings (SSSR count). The predicted molar refractivity (Wildman–Crippen MR) is 122 cm³/mol. The Bertz CT molecular complexity index is 984. The molecule has 3 aromatic rings. The van der Waals surface area contributed by atoms with Crippen LogP contribution >= 0.6 is 0 Å². The number of nitrogens with zero attached hydrogens (tertiary/aromatic N) is 4. The van der Waals surface area contributed by atoms with Crippen LogP contribution in [0.3, 0.4) is 0 Å². The molecule has 0 radical (unpaired) electrons. The second kappa shape index (κ2) is 10.2. The fourth-order valence-electron chi connectivity index (χ4n) is 3.91. The van der Waals surface area contributed by atoms with E-state index in [0.29, 0.717) is 12.5 Å². The first-order chi connectivity index (χ1) is 15.2. The molecule has 0 saturated carbocycles. The summed E-state index contributed by atoms with van der Waals surface area (Å²) < 4.78 is 7.90. The zero-order chi connectivity index (χ0) is 21.5. The van der Waals surface area contributed by atoms with Crippen LogP contribution in [0.25, 0.3) is 5.82 Å². The fraction of sp³-hybridized carbons (Fsp3) is 0.375. The second-order valence-corrected chi connectivity index (χ2v) is 7.88. The molecule has 1 aliphatic heterocycles. The quantitative estimate of drug-likeness (QED) is 0.474. The second-order valence-electron chi connectivity index (χ2n) is 7.88. The van der Waals surface area contributed by atoms with Crippen LogP contribution in [0.1, 0.15) is 35.6 Å². The third-order valence-electron chi connectivity index (χ3n) is 5.62. The van der Waals surface area contributed by atoms with E-state index in [1.54, 1.807) is 24.1 Å². The van der Waals surface area contributed by atoms with Crippen molar-refractivity contribution in [3.05, 3.63) is 77.7 Å². The molecule has 7 nitrogen and oxygen atoms in total. The van der Waals surface area contributed by atoms with Gasteiger partial charge in [0.2, 0.25) is 0 Å². The van der Waals surface area contributed by atoms with Gasteiger partial charge in [-0.3, -0.25) is 4.99 Å². The van der Waals surface area contributed by atoms with Crippen molar-refractivity contribution >= 4 is 5.96 Å². The lowest BCUT2D eigenvalue weighted by Gasteiger charge is -2.32. The number of aryl methyl sites for hydroxylation is 1. The van der Waals surface area contributed by atoms with Crippen molar-refractivity contribution in [3.63, 3.8) is 0 Å². The van der Waals surface area contributed by atoms with Gasteiger partial charge in [0, 0.05) is 51.3 Å². The van der Waals surface area contributed by atoms with Gasteiger partial charge in [-0.1, -0.05) is 29.8 Å². The average Bonchev–Trinajstić information content (AvgIpc) is 3.35. The van der Waals surface area contributed by atoms with Gasteiger partial charge in [-0.25, -0.2) is 9.67 Å². The van der Waals surface area contributed by atoms with Gasteiger partial charge < -0.3 is 15.4 Å². The molecule has 31 heavy (non-hydrogen) atoms. The summed E-state index contributed by atoms with van der Waals surface area (Å²) in [5.74, 6) is 1.99. The van der Waals surface area contributed by atoms with E-state index in [2.05, 4.69) is 56.9 Å². The summed E-state index contributed by atoms with van der Waals surface area (Å²) >= 11 is 0. The van der Waals surface area contributed by atoms with Gasteiger partial charge in [0.1, 0.15) is 0 Å². The highest BCUT2D eigenvalue weighted by Gasteiger charge is 2.27. The summed E-state index contributed by atoms with van der Waals surface area (Å²) in [7, 11) is 1.80. The minimum Gasteiger partial charge on any atom is -0.373 e. The summed E-state index contributed by atoms with van der Waals surface area (Å²) in [6.45, 7) is 4.40. The molecule has 162 valence electrons. The maximum absolute atomic E-state index is 6.14. The third kappa shape index (κ3) is 5.49. The minimum atomic E-state index is 0.122. The van der Waals surface area contributed by atoms with E-state index >= 15 is 0 Å². The number of nitrogens with one attached hydrogen (secondary N) is 2. The fourth-order valence-corrected chi connectivity index (χ4v) is 3.91. The van der Waals surface area contributed by atoms with E-state index < -0.39 is 0 Å².